The van der Waals surface area contributed by atoms with E-state index in [1.54, 1.807) is 37.3 Å². The molecule has 0 aliphatic carbocycles. The Kier molecular flexibility index (Phi) is 7.62. The van der Waals surface area contributed by atoms with Crippen LogP contribution >= 0.6 is 0 Å². The van der Waals surface area contributed by atoms with Gasteiger partial charge in [0.2, 0.25) is 0 Å². The molecule has 6 rings (SSSR count). The molecular formula is C34H34F2N4O4Sn. The van der Waals surface area contributed by atoms with Gasteiger partial charge in [0.25, 0.3) is 0 Å². The first kappa shape index (κ1) is 30.9. The van der Waals surface area contributed by atoms with Crippen LogP contribution in [0.2, 0.25) is 0 Å². The minimum absolute atomic E-state index is 0.0409. The van der Waals surface area contributed by atoms with Crippen molar-refractivity contribution in [2.75, 3.05) is 0 Å². The molecule has 0 saturated heterocycles. The molecule has 0 radical (unpaired) electrons. The minimum atomic E-state index is -6.78. The molecule has 0 fully saturated rings. The molecule has 4 aliphatic rings. The number of allylic oxidation sites excluding steroid dienone is 4. The summed E-state index contributed by atoms with van der Waals surface area (Å²) in [5, 5.41) is 19.6. The topological polar surface area (TPSA) is 109 Å². The van der Waals surface area contributed by atoms with E-state index in [1.165, 1.54) is 5.58 Å². The number of aliphatic carboxylic acids is 2. The van der Waals surface area contributed by atoms with Crippen molar-refractivity contribution in [2.45, 2.75) is 66.7 Å². The maximum atomic E-state index is 17.9. The first-order chi connectivity index (χ1) is 21.3. The maximum absolute atomic E-state index is 17.9. The molecule has 232 valence electrons. The third-order valence-electron chi connectivity index (χ3n) is 9.32. The van der Waals surface area contributed by atoms with E-state index < -0.39 is 32.0 Å². The summed E-state index contributed by atoms with van der Waals surface area (Å²) >= 11 is -6.78. The van der Waals surface area contributed by atoms with Gasteiger partial charge in [0.1, 0.15) is 0 Å². The molecule has 0 aromatic carbocycles. The summed E-state index contributed by atoms with van der Waals surface area (Å²) in [5.74, 6) is -2.01. The number of aliphatic imine (C=N–C) groups is 2. The van der Waals surface area contributed by atoms with E-state index in [9.17, 15) is 19.8 Å². The number of nitrogens with zero attached hydrogens (tertiary/aromatic N) is 4. The standard InChI is InChI=1S/C34H36N4O4.2FH.Sn/c1-7-21-17(3)25-13-26-19(5)23(9-11-33(39)40)31(37-26)16-32-24(10-12-34(41)42)20(6)28(38-32)15-30-22(8-2)18(4)27(36-30)14-29(21)35-25;;;/h8,13-16H,2,7,9-12H2,1,3-6H3,(H4,35,36,37,38,39,40,41,42);2*1H;/q;;;+4/p-4. The average Bonchev–Trinajstić information content (AvgIpc) is 3.61. The number of halogens is 2. The van der Waals surface area contributed by atoms with Crippen molar-refractivity contribution in [3.63, 3.8) is 0 Å². The van der Waals surface area contributed by atoms with Crippen molar-refractivity contribution < 1.29 is 25.5 Å². The molecule has 4 aliphatic heterocycles. The molecular weight excluding hydrogens is 685 g/mol. The van der Waals surface area contributed by atoms with Crippen molar-refractivity contribution in [3.8, 4) is 0 Å². The van der Waals surface area contributed by atoms with Crippen LogP contribution < -0.4 is 10.7 Å². The second-order valence-corrected chi connectivity index (χ2v) is 17.2. The van der Waals surface area contributed by atoms with Crippen LogP contribution in [0, 0.1) is 13.8 Å². The van der Waals surface area contributed by atoms with Gasteiger partial charge in [-0.3, -0.25) is 0 Å². The van der Waals surface area contributed by atoms with Gasteiger partial charge in [0.05, 0.1) is 0 Å². The molecule has 0 unspecified atom stereocenters. The molecule has 0 saturated carbocycles. The Balaban J connectivity index is 1.87. The van der Waals surface area contributed by atoms with Crippen LogP contribution in [-0.4, -0.2) is 59.2 Å². The van der Waals surface area contributed by atoms with Crippen LogP contribution in [0.25, 0.3) is 30.4 Å². The van der Waals surface area contributed by atoms with Gasteiger partial charge in [-0.2, -0.15) is 0 Å². The summed E-state index contributed by atoms with van der Waals surface area (Å²) in [5.41, 5.74) is 8.40. The summed E-state index contributed by atoms with van der Waals surface area (Å²) in [6.45, 7) is 13.4. The summed E-state index contributed by atoms with van der Waals surface area (Å²) < 4.78 is 38.2. The average molecular weight is 719 g/mol. The van der Waals surface area contributed by atoms with E-state index in [0.29, 0.717) is 73.8 Å². The monoisotopic (exact) mass is 720 g/mol. The molecule has 6 heterocycles. The molecule has 2 N–H and O–H groups in total. The molecule has 0 spiro atoms. The zero-order valence-corrected chi connectivity index (χ0v) is 28.7. The Morgan fingerprint density at radius 1 is 0.822 bits per heavy atom. The molecule has 45 heavy (non-hydrogen) atoms. The van der Waals surface area contributed by atoms with E-state index in [1.807, 2.05) is 27.7 Å². The van der Waals surface area contributed by atoms with Gasteiger partial charge in [0, 0.05) is 0 Å². The van der Waals surface area contributed by atoms with E-state index in [0.717, 1.165) is 16.7 Å². The Labute approximate surface area is 265 Å². The van der Waals surface area contributed by atoms with E-state index in [-0.39, 0.29) is 31.0 Å². The summed E-state index contributed by atoms with van der Waals surface area (Å²) in [4.78, 5) is 33.2. The van der Waals surface area contributed by atoms with Gasteiger partial charge in [-0.25, -0.2) is 0 Å². The van der Waals surface area contributed by atoms with Crippen molar-refractivity contribution in [1.82, 2.24) is 5.58 Å². The first-order valence-electron chi connectivity index (χ1n) is 15.0. The van der Waals surface area contributed by atoms with Crippen LogP contribution in [0.3, 0.4) is 0 Å². The third-order valence-corrected chi connectivity index (χ3v) is 15.1. The molecule has 0 amide bonds. The number of carbonyl (C=O) groups is 2. The molecule has 2 aromatic heterocycles. The molecule has 6 bridgehead atoms. The van der Waals surface area contributed by atoms with Gasteiger partial charge in [-0.05, 0) is 0 Å². The van der Waals surface area contributed by atoms with E-state index in [2.05, 4.69) is 6.58 Å². The number of carboxylic acids is 2. The van der Waals surface area contributed by atoms with Gasteiger partial charge >= 0.3 is 266 Å². The number of rotatable bonds is 8. The quantitative estimate of drug-likeness (QED) is 0.355. The normalized spacial score (nSPS) is 17.7. The van der Waals surface area contributed by atoms with Gasteiger partial charge in [-0.1, -0.05) is 0 Å². The van der Waals surface area contributed by atoms with Crippen molar-refractivity contribution in [2.24, 2.45) is 9.98 Å². The number of carboxylic acid groups (broad SMARTS) is 2. The first-order valence-corrected chi connectivity index (χ1v) is 19.7. The molecule has 2 aromatic rings. The number of fused-ring (bicyclic) bond motifs is 2. The van der Waals surface area contributed by atoms with Gasteiger partial charge < -0.3 is 0 Å². The van der Waals surface area contributed by atoms with Crippen molar-refractivity contribution in [3.05, 3.63) is 84.6 Å². The van der Waals surface area contributed by atoms with Crippen LogP contribution in [0.15, 0.2) is 50.3 Å². The number of hydrogen-bond donors (Lipinski definition) is 2. The third kappa shape index (κ3) is 4.76. The Morgan fingerprint density at radius 3 is 2.09 bits per heavy atom. The van der Waals surface area contributed by atoms with E-state index in [4.69, 9.17) is 9.98 Å². The predicted octanol–water partition coefficient (Wildman–Crippen LogP) is 5.42. The molecule has 0 atom stereocenters. The number of aromatic nitrogens is 2. The summed E-state index contributed by atoms with van der Waals surface area (Å²) in [6.07, 6.45) is 8.88. The SMILES string of the molecule is C=Cc1c(C)c2[n]3c1C=C1N=C(C=c4c(CCC(=O)O)c(C)c([n]4[Sn]3([F])[F])=CC3=NC(=C2)C(CC)=C3C)C(CCC(=O)O)=C1C. The van der Waals surface area contributed by atoms with Gasteiger partial charge in [-0.15, -0.1) is 0 Å². The van der Waals surface area contributed by atoms with E-state index >= 15 is 5.73 Å². The predicted molar refractivity (Wildman–Crippen MR) is 175 cm³/mol. The summed E-state index contributed by atoms with van der Waals surface area (Å²) in [7, 11) is 0. The fraction of sp³-hybridized carbons (Fsp3) is 0.294. The van der Waals surface area contributed by atoms with Crippen LogP contribution in [-0.2, 0) is 16.0 Å². The van der Waals surface area contributed by atoms with Crippen LogP contribution in [0.4, 0.5) is 5.73 Å². The zero-order valence-electron chi connectivity index (χ0n) is 25.9. The Bertz CT molecular complexity index is 2080. The molecule has 11 heteroatoms. The zero-order chi connectivity index (χ0) is 32.5. The van der Waals surface area contributed by atoms with Crippen molar-refractivity contribution in [1.29, 1.82) is 0 Å². The Hall–Kier alpha value is -4.06. The Morgan fingerprint density at radius 2 is 1.44 bits per heavy atom. The second kappa shape index (κ2) is 11.1. The van der Waals surface area contributed by atoms with Crippen molar-refractivity contribution >= 4 is 73.8 Å². The number of hydrogen-bond acceptors (Lipinski definition) is 4. The van der Waals surface area contributed by atoms with Crippen LogP contribution in [0.1, 0.15) is 80.1 Å². The second-order valence-electron chi connectivity index (χ2n) is 11.8. The summed E-state index contributed by atoms with van der Waals surface area (Å²) in [6, 6.07) is 0. The van der Waals surface area contributed by atoms with Gasteiger partial charge in [0.15, 0.2) is 0 Å². The molecule has 8 nitrogen and oxygen atoms in total. The fourth-order valence-corrected chi connectivity index (χ4v) is 13.2. The van der Waals surface area contributed by atoms with Crippen LogP contribution in [0.5, 0.6) is 0 Å². The fourth-order valence-electron chi connectivity index (χ4n) is 6.94.